The molecule has 30 heavy (non-hydrogen) atoms. The summed E-state index contributed by atoms with van der Waals surface area (Å²) in [6, 6.07) is 1.77. The second kappa shape index (κ2) is 7.40. The predicted octanol–water partition coefficient (Wildman–Crippen LogP) is 3.46. The van der Waals surface area contributed by atoms with Gasteiger partial charge in [-0.1, -0.05) is 23.4 Å². The van der Waals surface area contributed by atoms with E-state index in [-0.39, 0.29) is 5.41 Å². The summed E-state index contributed by atoms with van der Waals surface area (Å²) in [6.07, 6.45) is 7.37. The van der Waals surface area contributed by atoms with Gasteiger partial charge in [0.2, 0.25) is 5.95 Å². The zero-order chi connectivity index (χ0) is 20.9. The molecule has 2 aliphatic rings. The molecule has 2 aliphatic heterocycles. The Morgan fingerprint density at radius 1 is 1.27 bits per heavy atom. The van der Waals surface area contributed by atoms with Crippen LogP contribution in [0.1, 0.15) is 18.5 Å². The summed E-state index contributed by atoms with van der Waals surface area (Å²) in [7, 11) is 0. The first kappa shape index (κ1) is 19.6. The molecule has 8 nitrogen and oxygen atoms in total. The Balaban J connectivity index is 1.43. The molecule has 10 heteroatoms. The van der Waals surface area contributed by atoms with Crippen LogP contribution in [0.2, 0.25) is 5.02 Å². The molecule has 3 aromatic heterocycles. The van der Waals surface area contributed by atoms with Crippen molar-refractivity contribution < 1.29 is 4.74 Å². The van der Waals surface area contributed by atoms with Gasteiger partial charge in [-0.3, -0.25) is 4.40 Å². The maximum absolute atomic E-state index is 8.25. The highest BCUT2D eigenvalue weighted by Gasteiger charge is 2.43. The average Bonchev–Trinajstić information content (AvgIpc) is 3.35. The monoisotopic (exact) mass is 443 g/mol. The third-order valence-electron chi connectivity index (χ3n) is 5.97. The number of nitrogens with two attached hydrogens (primary N) is 1. The average molecular weight is 444 g/mol. The number of fused-ring (bicyclic) bond motifs is 1. The fraction of sp³-hybridized carbons (Fsp3) is 0.400. The molecule has 156 valence electrons. The lowest BCUT2D eigenvalue weighted by molar-refractivity contribution is 0.137. The van der Waals surface area contributed by atoms with Gasteiger partial charge in [0.15, 0.2) is 5.65 Å². The van der Waals surface area contributed by atoms with Crippen molar-refractivity contribution in [3.8, 4) is 0 Å². The molecule has 1 spiro atoms. The fourth-order valence-electron chi connectivity index (χ4n) is 4.20. The highest BCUT2D eigenvalue weighted by Crippen LogP contribution is 2.40. The van der Waals surface area contributed by atoms with Gasteiger partial charge in [-0.2, -0.15) is 0 Å². The zero-order valence-corrected chi connectivity index (χ0v) is 18.1. The number of nitrogen functional groups attached to an aromatic ring is 1. The summed E-state index contributed by atoms with van der Waals surface area (Å²) in [5.74, 6) is 1.30. The van der Waals surface area contributed by atoms with Crippen molar-refractivity contribution in [1.29, 1.82) is 5.41 Å². The highest BCUT2D eigenvalue weighted by molar-refractivity contribution is 7.99. The van der Waals surface area contributed by atoms with E-state index in [0.717, 1.165) is 53.0 Å². The Hall–Kier alpha value is -2.36. The Morgan fingerprint density at radius 3 is 2.80 bits per heavy atom. The normalized spacial score (nSPS) is 18.6. The van der Waals surface area contributed by atoms with E-state index in [1.807, 2.05) is 23.7 Å². The summed E-state index contributed by atoms with van der Waals surface area (Å²) in [4.78, 5) is 17.5. The van der Waals surface area contributed by atoms with Crippen LogP contribution in [-0.4, -0.2) is 51.4 Å². The fourth-order valence-corrected chi connectivity index (χ4v) is 5.42. The minimum absolute atomic E-state index is 0.0871. The first-order chi connectivity index (χ1) is 14.5. The van der Waals surface area contributed by atoms with Crippen LogP contribution < -0.4 is 10.6 Å². The summed E-state index contributed by atoms with van der Waals surface area (Å²) in [5.41, 5.74) is 8.08. The van der Waals surface area contributed by atoms with Crippen LogP contribution in [0.25, 0.3) is 5.65 Å². The number of piperidine rings is 1. The number of nitrogens with zero attached hydrogens (tertiary/aromatic N) is 5. The second-order valence-corrected chi connectivity index (χ2v) is 9.29. The number of rotatable bonds is 3. The van der Waals surface area contributed by atoms with Gasteiger partial charge in [-0.25, -0.2) is 15.0 Å². The predicted molar refractivity (Wildman–Crippen MR) is 118 cm³/mol. The number of anilines is 2. The summed E-state index contributed by atoms with van der Waals surface area (Å²) in [5, 5.41) is 8.84. The molecule has 0 unspecified atom stereocenters. The molecule has 0 radical (unpaired) electrons. The largest absolute Gasteiger partial charge is 0.384 e. The Bertz CT molecular complexity index is 1140. The number of imidazole rings is 1. The molecule has 5 heterocycles. The van der Waals surface area contributed by atoms with Gasteiger partial charge in [-0.15, -0.1) is 0 Å². The SMILES string of the molecule is Cc1nc(N)cc(Sc2cnc(N3CCC4(CC3)COCC4=N)n3ccnc23)c1Cl. The molecule has 0 saturated carbocycles. The van der Waals surface area contributed by atoms with Crippen molar-refractivity contribution in [2.75, 3.05) is 36.9 Å². The van der Waals surface area contributed by atoms with E-state index in [1.54, 1.807) is 12.3 Å². The molecule has 2 fully saturated rings. The van der Waals surface area contributed by atoms with Gasteiger partial charge in [0.05, 0.1) is 28.8 Å². The van der Waals surface area contributed by atoms with E-state index < -0.39 is 0 Å². The molecule has 2 saturated heterocycles. The summed E-state index contributed by atoms with van der Waals surface area (Å²) < 4.78 is 7.56. The van der Waals surface area contributed by atoms with Crippen LogP contribution in [0.15, 0.2) is 34.4 Å². The first-order valence-corrected chi connectivity index (χ1v) is 11.0. The lowest BCUT2D eigenvalue weighted by Crippen LogP contribution is -2.44. The number of hydrogen-bond acceptors (Lipinski definition) is 8. The number of nitrogens with one attached hydrogen (secondary N) is 1. The molecule has 5 rings (SSSR count). The maximum Gasteiger partial charge on any atom is 0.211 e. The number of pyridine rings is 1. The Kier molecular flexibility index (Phi) is 4.83. The van der Waals surface area contributed by atoms with Crippen molar-refractivity contribution in [3.63, 3.8) is 0 Å². The van der Waals surface area contributed by atoms with E-state index in [1.165, 1.54) is 11.8 Å². The number of aryl methyl sites for hydroxylation is 1. The maximum atomic E-state index is 8.25. The van der Waals surface area contributed by atoms with E-state index in [2.05, 4.69) is 14.9 Å². The summed E-state index contributed by atoms with van der Waals surface area (Å²) in [6.45, 7) is 4.65. The van der Waals surface area contributed by atoms with Crippen LogP contribution in [0, 0.1) is 17.7 Å². The van der Waals surface area contributed by atoms with Crippen molar-refractivity contribution in [2.24, 2.45) is 5.41 Å². The van der Waals surface area contributed by atoms with Crippen LogP contribution >= 0.6 is 23.4 Å². The minimum atomic E-state index is -0.0871. The van der Waals surface area contributed by atoms with Crippen molar-refractivity contribution in [1.82, 2.24) is 19.4 Å². The van der Waals surface area contributed by atoms with E-state index in [9.17, 15) is 0 Å². The molecular formula is C20H22ClN7OS. The lowest BCUT2D eigenvalue weighted by Gasteiger charge is -2.38. The van der Waals surface area contributed by atoms with Gasteiger partial charge < -0.3 is 20.8 Å². The van der Waals surface area contributed by atoms with Gasteiger partial charge in [-0.05, 0) is 25.8 Å². The molecule has 0 aliphatic carbocycles. The van der Waals surface area contributed by atoms with Crippen LogP contribution in [0.3, 0.4) is 0 Å². The van der Waals surface area contributed by atoms with Gasteiger partial charge in [0.25, 0.3) is 0 Å². The van der Waals surface area contributed by atoms with Crippen molar-refractivity contribution >= 4 is 46.5 Å². The van der Waals surface area contributed by atoms with E-state index in [4.69, 9.17) is 32.5 Å². The molecule has 0 bridgehead atoms. The van der Waals surface area contributed by atoms with Crippen LogP contribution in [0.4, 0.5) is 11.8 Å². The zero-order valence-electron chi connectivity index (χ0n) is 16.6. The molecule has 0 atom stereocenters. The Labute approximate surface area is 183 Å². The third-order valence-corrected chi connectivity index (χ3v) is 7.61. The molecule has 0 amide bonds. The highest BCUT2D eigenvalue weighted by atomic mass is 35.5. The smallest absolute Gasteiger partial charge is 0.211 e. The molecule has 0 aromatic carbocycles. The number of hydrogen-bond donors (Lipinski definition) is 2. The number of ether oxygens (including phenoxy) is 1. The van der Waals surface area contributed by atoms with Crippen LogP contribution in [0.5, 0.6) is 0 Å². The molecule has 3 N–H and O–H groups in total. The standard InChI is InChI=1S/C20H22ClN7OS/c1-12-17(21)13(8-16(23)26-12)30-14-9-25-19(28-7-4-24-18(14)28)27-5-2-20(3-6-27)11-29-10-15(20)22/h4,7-9,22H,2-3,5-6,10-11H2,1H3,(H2,23,26). The number of halogens is 1. The van der Waals surface area contributed by atoms with Crippen molar-refractivity contribution in [2.45, 2.75) is 29.6 Å². The quantitative estimate of drug-likeness (QED) is 0.638. The molecule has 3 aromatic rings. The van der Waals surface area contributed by atoms with E-state index in [0.29, 0.717) is 29.7 Å². The molecular weight excluding hydrogens is 422 g/mol. The van der Waals surface area contributed by atoms with E-state index >= 15 is 0 Å². The Morgan fingerprint density at radius 2 is 2.07 bits per heavy atom. The topological polar surface area (TPSA) is 105 Å². The van der Waals surface area contributed by atoms with Gasteiger partial charge in [0.1, 0.15) is 5.82 Å². The first-order valence-electron chi connectivity index (χ1n) is 9.80. The van der Waals surface area contributed by atoms with Gasteiger partial charge in [0, 0.05) is 47.7 Å². The summed E-state index contributed by atoms with van der Waals surface area (Å²) >= 11 is 7.93. The minimum Gasteiger partial charge on any atom is -0.384 e. The number of aromatic nitrogens is 4. The third kappa shape index (κ3) is 3.21. The van der Waals surface area contributed by atoms with Crippen LogP contribution in [-0.2, 0) is 4.74 Å². The lowest BCUT2D eigenvalue weighted by atomic mass is 9.76. The van der Waals surface area contributed by atoms with Crippen molar-refractivity contribution in [3.05, 3.63) is 35.4 Å². The second-order valence-electron chi connectivity index (χ2n) is 7.83. The van der Waals surface area contributed by atoms with Gasteiger partial charge >= 0.3 is 0 Å².